The van der Waals surface area contributed by atoms with Crippen LogP contribution in [0.15, 0.2) is 54.1 Å². The zero-order chi connectivity index (χ0) is 18.2. The highest BCUT2D eigenvalue weighted by molar-refractivity contribution is 6.02. The molecule has 1 saturated heterocycles. The van der Waals surface area contributed by atoms with E-state index < -0.39 is 0 Å². The fraction of sp³-hybridized carbons (Fsp3) is 0.318. The number of nitrogens with one attached hydrogen (secondary N) is 1. The van der Waals surface area contributed by atoms with Gasteiger partial charge in [-0.1, -0.05) is 30.3 Å². The normalized spacial score (nSPS) is 23.8. The zero-order valence-electron chi connectivity index (χ0n) is 15.1. The van der Waals surface area contributed by atoms with Crippen LogP contribution in [0.2, 0.25) is 0 Å². The van der Waals surface area contributed by atoms with E-state index in [9.17, 15) is 4.79 Å². The van der Waals surface area contributed by atoms with Crippen LogP contribution in [0.1, 0.15) is 28.8 Å². The molecule has 0 aromatic heterocycles. The van der Waals surface area contributed by atoms with Gasteiger partial charge in [0.15, 0.2) is 0 Å². The van der Waals surface area contributed by atoms with Crippen LogP contribution in [0.5, 0.6) is 5.75 Å². The Morgan fingerprint density at radius 2 is 1.96 bits per heavy atom. The van der Waals surface area contributed by atoms with Gasteiger partial charge in [0, 0.05) is 30.0 Å². The fourth-order valence-corrected chi connectivity index (χ4v) is 4.07. The van der Waals surface area contributed by atoms with Gasteiger partial charge in [-0.05, 0) is 37.1 Å². The van der Waals surface area contributed by atoms with Gasteiger partial charge < -0.3 is 19.7 Å². The highest BCUT2D eigenvalue weighted by atomic mass is 16.5. The van der Waals surface area contributed by atoms with Gasteiger partial charge in [0.25, 0.3) is 5.91 Å². The van der Waals surface area contributed by atoms with Crippen LogP contribution in [0.25, 0.3) is 6.08 Å². The van der Waals surface area contributed by atoms with Crippen molar-refractivity contribution in [2.24, 2.45) is 0 Å². The minimum atomic E-state index is -0.232. The van der Waals surface area contributed by atoms with E-state index in [4.69, 9.17) is 9.47 Å². The van der Waals surface area contributed by atoms with Crippen molar-refractivity contribution in [3.8, 4) is 5.75 Å². The summed E-state index contributed by atoms with van der Waals surface area (Å²) >= 11 is 0. The Morgan fingerprint density at radius 3 is 2.85 bits per heavy atom. The lowest BCUT2D eigenvalue weighted by Crippen LogP contribution is -2.53. The van der Waals surface area contributed by atoms with Gasteiger partial charge in [-0.25, -0.2) is 0 Å². The highest BCUT2D eigenvalue weighted by Crippen LogP contribution is 2.33. The second kappa shape index (κ2) is 6.74. The fourth-order valence-electron chi connectivity index (χ4n) is 4.07. The molecule has 2 aromatic carbocycles. The second-order valence-electron chi connectivity index (χ2n) is 7.23. The van der Waals surface area contributed by atoms with E-state index in [1.165, 1.54) is 0 Å². The largest absolute Gasteiger partial charge is 0.488 e. The standard InChI is InChI=1S/C22H22N2O3/c25-22-18-8-2-3-9-19(18)23-21(24(22)13-17-7-5-11-26-17)16-12-15-6-1-4-10-20(15)27-14-16/h1-4,6,8-10,12,17,21,23H,5,7,11,13-14H2/t17-,21+/m1/s1. The number of nitrogens with zero attached hydrogens (tertiary/aromatic N) is 1. The Kier molecular flexibility index (Phi) is 4.09. The molecule has 2 aromatic rings. The third kappa shape index (κ3) is 2.98. The molecule has 3 aliphatic rings. The minimum absolute atomic E-state index is 0.0459. The van der Waals surface area contributed by atoms with Crippen LogP contribution in [-0.4, -0.2) is 42.8 Å². The van der Waals surface area contributed by atoms with Crippen molar-refractivity contribution in [3.63, 3.8) is 0 Å². The summed E-state index contributed by atoms with van der Waals surface area (Å²) in [4.78, 5) is 15.2. The quantitative estimate of drug-likeness (QED) is 0.907. The summed E-state index contributed by atoms with van der Waals surface area (Å²) in [6.45, 7) is 1.83. The van der Waals surface area contributed by atoms with E-state index in [2.05, 4.69) is 11.4 Å². The zero-order valence-corrected chi connectivity index (χ0v) is 15.1. The number of ether oxygens (including phenoxy) is 2. The smallest absolute Gasteiger partial charge is 0.257 e. The summed E-state index contributed by atoms with van der Waals surface area (Å²) in [6.07, 6.45) is 4.06. The number of hydrogen-bond donors (Lipinski definition) is 1. The van der Waals surface area contributed by atoms with Crippen LogP contribution in [0.4, 0.5) is 5.69 Å². The van der Waals surface area contributed by atoms with E-state index in [-0.39, 0.29) is 18.2 Å². The number of carbonyl (C=O) groups is 1. The Bertz CT molecular complexity index is 902. The first-order valence-electron chi connectivity index (χ1n) is 9.50. The maximum Gasteiger partial charge on any atom is 0.257 e. The number of hydrogen-bond acceptors (Lipinski definition) is 4. The lowest BCUT2D eigenvalue weighted by atomic mass is 10.00. The van der Waals surface area contributed by atoms with Crippen LogP contribution >= 0.6 is 0 Å². The number of benzene rings is 2. The number of amides is 1. The Morgan fingerprint density at radius 1 is 1.11 bits per heavy atom. The van der Waals surface area contributed by atoms with E-state index in [1.54, 1.807) is 0 Å². The molecule has 1 fully saturated rings. The van der Waals surface area contributed by atoms with Crippen LogP contribution in [0, 0.1) is 0 Å². The summed E-state index contributed by atoms with van der Waals surface area (Å²) in [7, 11) is 0. The van der Waals surface area contributed by atoms with E-state index in [0.29, 0.717) is 18.7 Å². The average Bonchev–Trinajstić information content (AvgIpc) is 3.23. The van der Waals surface area contributed by atoms with Crippen molar-refractivity contribution in [2.45, 2.75) is 25.1 Å². The van der Waals surface area contributed by atoms with Crippen molar-refractivity contribution in [1.82, 2.24) is 4.90 Å². The molecule has 3 aliphatic heterocycles. The third-order valence-corrected chi connectivity index (χ3v) is 5.45. The van der Waals surface area contributed by atoms with Crippen molar-refractivity contribution >= 4 is 17.7 Å². The first-order valence-corrected chi connectivity index (χ1v) is 9.50. The van der Waals surface area contributed by atoms with Crippen molar-refractivity contribution in [1.29, 1.82) is 0 Å². The lowest BCUT2D eigenvalue weighted by Gasteiger charge is -2.40. The van der Waals surface area contributed by atoms with Crippen molar-refractivity contribution in [2.75, 3.05) is 25.1 Å². The Balaban J connectivity index is 1.52. The third-order valence-electron chi connectivity index (χ3n) is 5.45. The Labute approximate surface area is 158 Å². The van der Waals surface area contributed by atoms with Gasteiger partial charge in [0.1, 0.15) is 18.5 Å². The predicted molar refractivity (Wildman–Crippen MR) is 104 cm³/mol. The van der Waals surface area contributed by atoms with Crippen molar-refractivity contribution < 1.29 is 14.3 Å². The lowest BCUT2D eigenvalue weighted by molar-refractivity contribution is 0.0456. The summed E-state index contributed by atoms with van der Waals surface area (Å²) in [6, 6.07) is 15.7. The van der Waals surface area contributed by atoms with Crippen LogP contribution < -0.4 is 10.1 Å². The molecule has 1 amide bonds. The van der Waals surface area contributed by atoms with Gasteiger partial charge in [-0.3, -0.25) is 4.79 Å². The van der Waals surface area contributed by atoms with Gasteiger partial charge in [0.2, 0.25) is 0 Å². The number of rotatable bonds is 3. The van der Waals surface area contributed by atoms with Crippen LogP contribution in [0.3, 0.4) is 0 Å². The van der Waals surface area contributed by atoms with E-state index in [1.807, 2.05) is 53.4 Å². The molecule has 5 nitrogen and oxygen atoms in total. The number of carbonyl (C=O) groups excluding carboxylic acids is 1. The summed E-state index contributed by atoms with van der Waals surface area (Å²) in [5.74, 6) is 0.930. The molecule has 3 heterocycles. The molecule has 5 heteroatoms. The molecule has 1 N–H and O–H groups in total. The molecule has 0 aliphatic carbocycles. The minimum Gasteiger partial charge on any atom is -0.488 e. The Hall–Kier alpha value is -2.79. The molecule has 0 bridgehead atoms. The van der Waals surface area contributed by atoms with Crippen molar-refractivity contribution in [3.05, 3.63) is 65.2 Å². The van der Waals surface area contributed by atoms with E-state index >= 15 is 0 Å². The molecule has 0 radical (unpaired) electrons. The van der Waals surface area contributed by atoms with E-state index in [0.717, 1.165) is 42.0 Å². The molecule has 138 valence electrons. The number of fused-ring (bicyclic) bond motifs is 2. The topological polar surface area (TPSA) is 50.8 Å². The molecule has 0 saturated carbocycles. The SMILES string of the molecule is O=C1c2ccccc2N[C@H](C2=Cc3ccccc3OC2)N1C[C@H]1CCCO1. The highest BCUT2D eigenvalue weighted by Gasteiger charge is 2.37. The summed E-state index contributed by atoms with van der Waals surface area (Å²) in [5.41, 5.74) is 3.68. The second-order valence-corrected chi connectivity index (χ2v) is 7.23. The molecule has 0 spiro atoms. The molecule has 5 rings (SSSR count). The predicted octanol–water partition coefficient (Wildman–Crippen LogP) is 3.54. The molecular formula is C22H22N2O3. The number of anilines is 1. The van der Waals surface area contributed by atoms with Gasteiger partial charge >= 0.3 is 0 Å². The number of para-hydroxylation sites is 2. The average molecular weight is 362 g/mol. The summed E-state index contributed by atoms with van der Waals surface area (Å²) in [5, 5.41) is 3.55. The van der Waals surface area contributed by atoms with Gasteiger partial charge in [-0.2, -0.15) is 0 Å². The molecular weight excluding hydrogens is 340 g/mol. The summed E-state index contributed by atoms with van der Waals surface area (Å²) < 4.78 is 11.8. The monoisotopic (exact) mass is 362 g/mol. The molecule has 27 heavy (non-hydrogen) atoms. The van der Waals surface area contributed by atoms with Gasteiger partial charge in [-0.15, -0.1) is 0 Å². The van der Waals surface area contributed by atoms with Gasteiger partial charge in [0.05, 0.1) is 11.7 Å². The first kappa shape index (κ1) is 16.4. The maximum atomic E-state index is 13.3. The first-order chi connectivity index (χ1) is 13.3. The maximum absolute atomic E-state index is 13.3. The van der Waals surface area contributed by atoms with Crippen LogP contribution in [-0.2, 0) is 4.74 Å². The molecule has 2 atom stereocenters. The molecule has 0 unspecified atom stereocenters.